The van der Waals surface area contributed by atoms with Crippen LogP contribution in [0.1, 0.15) is 25.5 Å². The summed E-state index contributed by atoms with van der Waals surface area (Å²) in [5, 5.41) is 13.5. The summed E-state index contributed by atoms with van der Waals surface area (Å²) in [6.07, 6.45) is 0. The number of aromatic nitrogens is 3. The molecule has 0 N–H and O–H groups in total. The number of rotatable bonds is 8. The zero-order valence-corrected chi connectivity index (χ0v) is 18.1. The molecule has 0 atom stereocenters. The fourth-order valence-corrected chi connectivity index (χ4v) is 4.43. The molecular formula is C20H24N4O2S2. The van der Waals surface area contributed by atoms with Crippen LogP contribution in [0.2, 0.25) is 0 Å². The van der Waals surface area contributed by atoms with Gasteiger partial charge in [0.05, 0.1) is 12.9 Å². The molecule has 148 valence electrons. The molecule has 8 heteroatoms. The zero-order chi connectivity index (χ0) is 20.1. The predicted molar refractivity (Wildman–Crippen MR) is 114 cm³/mol. The molecule has 1 amide bonds. The van der Waals surface area contributed by atoms with Crippen molar-refractivity contribution in [2.24, 2.45) is 0 Å². The molecule has 0 bridgehead atoms. The number of carbonyl (C=O) groups is 1. The predicted octanol–water partition coefficient (Wildman–Crippen LogP) is 4.35. The van der Waals surface area contributed by atoms with E-state index in [0.29, 0.717) is 12.3 Å². The quantitative estimate of drug-likeness (QED) is 0.511. The van der Waals surface area contributed by atoms with Crippen LogP contribution in [0.3, 0.4) is 0 Å². The summed E-state index contributed by atoms with van der Waals surface area (Å²) in [6.45, 7) is 4.80. The van der Waals surface area contributed by atoms with Crippen LogP contribution in [0.15, 0.2) is 46.2 Å². The first kappa shape index (κ1) is 20.4. The Morgan fingerprint density at radius 1 is 1.25 bits per heavy atom. The third kappa shape index (κ3) is 4.74. The van der Waals surface area contributed by atoms with Gasteiger partial charge in [0, 0.05) is 25.2 Å². The number of methoxy groups -OCH3 is 1. The molecule has 0 aliphatic rings. The lowest BCUT2D eigenvalue weighted by atomic mass is 10.2. The molecule has 0 spiro atoms. The van der Waals surface area contributed by atoms with Gasteiger partial charge in [-0.15, -0.1) is 10.2 Å². The van der Waals surface area contributed by atoms with E-state index in [-0.39, 0.29) is 11.9 Å². The van der Waals surface area contributed by atoms with E-state index in [1.165, 1.54) is 11.8 Å². The second-order valence-electron chi connectivity index (χ2n) is 6.67. The number of carbonyl (C=O) groups excluding carboxylic acids is 1. The van der Waals surface area contributed by atoms with E-state index in [4.69, 9.17) is 4.74 Å². The Balaban J connectivity index is 1.71. The Kier molecular flexibility index (Phi) is 6.74. The molecule has 0 fully saturated rings. The molecule has 0 saturated heterocycles. The zero-order valence-electron chi connectivity index (χ0n) is 16.5. The maximum Gasteiger partial charge on any atom is 0.233 e. The van der Waals surface area contributed by atoms with E-state index in [9.17, 15) is 4.79 Å². The standard InChI is InChI=1S/C20H24N4O2S2/c1-14(2)24-19(16-5-7-17(26-4)8-6-16)21-22-20(24)28-13-18(25)23(3)11-15-9-10-27-12-15/h5-10,12,14H,11,13H2,1-4H3. The molecule has 28 heavy (non-hydrogen) atoms. The van der Waals surface area contributed by atoms with Crippen molar-refractivity contribution in [2.45, 2.75) is 31.6 Å². The molecule has 2 aromatic heterocycles. The van der Waals surface area contributed by atoms with Crippen LogP contribution in [-0.2, 0) is 11.3 Å². The smallest absolute Gasteiger partial charge is 0.233 e. The number of thiophene rings is 1. The average molecular weight is 417 g/mol. The minimum Gasteiger partial charge on any atom is -0.497 e. The van der Waals surface area contributed by atoms with Crippen LogP contribution in [0.25, 0.3) is 11.4 Å². The maximum absolute atomic E-state index is 12.5. The monoisotopic (exact) mass is 416 g/mol. The van der Waals surface area contributed by atoms with Crippen molar-refractivity contribution in [1.29, 1.82) is 0 Å². The third-order valence-electron chi connectivity index (χ3n) is 4.28. The fraction of sp³-hybridized carbons (Fsp3) is 0.350. The maximum atomic E-state index is 12.5. The summed E-state index contributed by atoms with van der Waals surface area (Å²) in [5.74, 6) is 1.99. The summed E-state index contributed by atoms with van der Waals surface area (Å²) in [6, 6.07) is 9.96. The van der Waals surface area contributed by atoms with Gasteiger partial charge in [-0.2, -0.15) is 11.3 Å². The van der Waals surface area contributed by atoms with Crippen molar-refractivity contribution in [3.8, 4) is 17.1 Å². The Labute approximate surface area is 173 Å². The van der Waals surface area contributed by atoms with Gasteiger partial charge in [0.2, 0.25) is 5.91 Å². The Bertz CT molecular complexity index is 905. The summed E-state index contributed by atoms with van der Waals surface area (Å²) < 4.78 is 7.29. The van der Waals surface area contributed by atoms with E-state index in [1.54, 1.807) is 23.3 Å². The number of ether oxygens (including phenoxy) is 1. The van der Waals surface area contributed by atoms with E-state index in [2.05, 4.69) is 34.0 Å². The largest absolute Gasteiger partial charge is 0.497 e. The molecule has 0 aliphatic heterocycles. The van der Waals surface area contributed by atoms with E-state index in [1.807, 2.05) is 42.8 Å². The minimum absolute atomic E-state index is 0.0699. The molecule has 0 aliphatic carbocycles. The van der Waals surface area contributed by atoms with Gasteiger partial charge in [-0.25, -0.2) is 0 Å². The van der Waals surface area contributed by atoms with E-state index >= 15 is 0 Å². The highest BCUT2D eigenvalue weighted by atomic mass is 32.2. The van der Waals surface area contributed by atoms with Crippen LogP contribution >= 0.6 is 23.1 Å². The number of nitrogens with zero attached hydrogens (tertiary/aromatic N) is 4. The fourth-order valence-electron chi connectivity index (χ4n) is 2.76. The van der Waals surface area contributed by atoms with Crippen molar-refractivity contribution in [1.82, 2.24) is 19.7 Å². The van der Waals surface area contributed by atoms with Crippen molar-refractivity contribution in [3.05, 3.63) is 46.7 Å². The van der Waals surface area contributed by atoms with Gasteiger partial charge in [-0.05, 0) is 60.5 Å². The van der Waals surface area contributed by atoms with E-state index in [0.717, 1.165) is 27.9 Å². The van der Waals surface area contributed by atoms with Gasteiger partial charge in [0.1, 0.15) is 5.75 Å². The molecule has 6 nitrogen and oxygen atoms in total. The lowest BCUT2D eigenvalue weighted by Crippen LogP contribution is -2.27. The van der Waals surface area contributed by atoms with Crippen molar-refractivity contribution >= 4 is 29.0 Å². The van der Waals surface area contributed by atoms with Gasteiger partial charge in [0.15, 0.2) is 11.0 Å². The number of thioether (sulfide) groups is 1. The average Bonchev–Trinajstić information content (AvgIpc) is 3.35. The highest BCUT2D eigenvalue weighted by Crippen LogP contribution is 2.29. The van der Waals surface area contributed by atoms with Crippen LogP contribution in [0.4, 0.5) is 0 Å². The molecule has 3 aromatic rings. The lowest BCUT2D eigenvalue weighted by molar-refractivity contribution is -0.127. The van der Waals surface area contributed by atoms with Crippen LogP contribution in [-0.4, -0.2) is 45.5 Å². The first-order valence-corrected chi connectivity index (χ1v) is 10.9. The lowest BCUT2D eigenvalue weighted by Gasteiger charge is -2.17. The highest BCUT2D eigenvalue weighted by molar-refractivity contribution is 7.99. The topological polar surface area (TPSA) is 60.3 Å². The molecule has 0 saturated carbocycles. The van der Waals surface area contributed by atoms with E-state index < -0.39 is 0 Å². The second-order valence-corrected chi connectivity index (χ2v) is 8.39. The molecule has 0 radical (unpaired) electrons. The van der Waals surface area contributed by atoms with Gasteiger partial charge < -0.3 is 9.64 Å². The van der Waals surface area contributed by atoms with Gasteiger partial charge >= 0.3 is 0 Å². The SMILES string of the molecule is COc1ccc(-c2nnc(SCC(=O)N(C)Cc3ccsc3)n2C(C)C)cc1. The van der Waals surface area contributed by atoms with Crippen LogP contribution < -0.4 is 4.74 Å². The van der Waals surface area contributed by atoms with Gasteiger partial charge in [-0.1, -0.05) is 11.8 Å². The molecule has 1 aromatic carbocycles. The van der Waals surface area contributed by atoms with Gasteiger partial charge in [-0.3, -0.25) is 9.36 Å². The normalized spacial score (nSPS) is 11.0. The molecule has 2 heterocycles. The number of benzene rings is 1. The van der Waals surface area contributed by atoms with Crippen molar-refractivity contribution < 1.29 is 9.53 Å². The summed E-state index contributed by atoms with van der Waals surface area (Å²) >= 11 is 3.06. The number of hydrogen-bond acceptors (Lipinski definition) is 6. The number of amides is 1. The summed E-state index contributed by atoms with van der Waals surface area (Å²) in [4.78, 5) is 14.3. The van der Waals surface area contributed by atoms with Crippen LogP contribution in [0, 0.1) is 0 Å². The van der Waals surface area contributed by atoms with Crippen LogP contribution in [0.5, 0.6) is 5.75 Å². The van der Waals surface area contributed by atoms with Crippen molar-refractivity contribution in [2.75, 3.05) is 19.9 Å². The summed E-state index contributed by atoms with van der Waals surface area (Å²) in [7, 11) is 3.48. The third-order valence-corrected chi connectivity index (χ3v) is 5.94. The first-order valence-electron chi connectivity index (χ1n) is 8.96. The number of hydrogen-bond donors (Lipinski definition) is 0. The molecule has 0 unspecified atom stereocenters. The Morgan fingerprint density at radius 3 is 2.61 bits per heavy atom. The van der Waals surface area contributed by atoms with Gasteiger partial charge in [0.25, 0.3) is 0 Å². The highest BCUT2D eigenvalue weighted by Gasteiger charge is 2.19. The Hall–Kier alpha value is -2.32. The minimum atomic E-state index is 0.0699. The Morgan fingerprint density at radius 2 is 2.00 bits per heavy atom. The van der Waals surface area contributed by atoms with Crippen molar-refractivity contribution in [3.63, 3.8) is 0 Å². The first-order chi connectivity index (χ1) is 13.5. The second kappa shape index (κ2) is 9.25. The molecular weight excluding hydrogens is 392 g/mol. The summed E-state index contributed by atoms with van der Waals surface area (Å²) in [5.41, 5.74) is 2.12. The molecule has 3 rings (SSSR count).